The average molecular weight is 204 g/mol. The summed E-state index contributed by atoms with van der Waals surface area (Å²) < 4.78 is 7.80. The molecule has 0 saturated carbocycles. The second-order valence-electron chi connectivity index (χ2n) is 3.81. The molecule has 2 heterocycles. The molecule has 0 fully saturated rings. The van der Waals surface area contributed by atoms with Gasteiger partial charge >= 0.3 is 0 Å². The van der Waals surface area contributed by atoms with Gasteiger partial charge in [-0.15, -0.1) is 0 Å². The summed E-state index contributed by atoms with van der Waals surface area (Å²) in [6.45, 7) is 9.25. The molecule has 0 N–H and O–H groups in total. The zero-order valence-electron chi connectivity index (χ0n) is 9.66. The van der Waals surface area contributed by atoms with E-state index in [0.29, 0.717) is 0 Å². The van der Waals surface area contributed by atoms with Crippen molar-refractivity contribution in [2.45, 2.75) is 34.2 Å². The molecule has 2 rings (SSSR count). The normalized spacial score (nSPS) is 10.9. The maximum atomic E-state index is 5.54. The van der Waals surface area contributed by atoms with Crippen LogP contribution in [0.4, 0.5) is 0 Å². The first-order valence-electron chi connectivity index (χ1n) is 5.23. The van der Waals surface area contributed by atoms with Crippen molar-refractivity contribution in [3.8, 4) is 11.5 Å². The van der Waals surface area contributed by atoms with E-state index in [-0.39, 0.29) is 0 Å². The van der Waals surface area contributed by atoms with Crippen molar-refractivity contribution in [3.63, 3.8) is 0 Å². The van der Waals surface area contributed by atoms with Gasteiger partial charge < -0.3 is 8.98 Å². The van der Waals surface area contributed by atoms with Crippen molar-refractivity contribution in [2.24, 2.45) is 0 Å². The van der Waals surface area contributed by atoms with Crippen LogP contribution in [0.25, 0.3) is 11.5 Å². The van der Waals surface area contributed by atoms with Crippen molar-refractivity contribution in [2.75, 3.05) is 0 Å². The molecule has 0 aliphatic heterocycles. The van der Waals surface area contributed by atoms with E-state index in [9.17, 15) is 0 Å². The third kappa shape index (κ3) is 1.58. The highest BCUT2D eigenvalue weighted by Gasteiger charge is 2.13. The summed E-state index contributed by atoms with van der Waals surface area (Å²) in [6, 6.07) is 2.13. The maximum absolute atomic E-state index is 5.54. The minimum atomic E-state index is 0.722. The summed E-state index contributed by atoms with van der Waals surface area (Å²) in [4.78, 5) is 4.26. The topological polar surface area (TPSA) is 31.0 Å². The van der Waals surface area contributed by atoms with Gasteiger partial charge in [0.05, 0.1) is 11.8 Å². The summed E-state index contributed by atoms with van der Waals surface area (Å²) in [7, 11) is 0. The Kier molecular flexibility index (Phi) is 2.39. The van der Waals surface area contributed by atoms with Gasteiger partial charge in [-0.1, -0.05) is 0 Å². The highest BCUT2D eigenvalue weighted by Crippen LogP contribution is 2.26. The smallest absolute Gasteiger partial charge is 0.228 e. The fraction of sp³-hybridized carbons (Fsp3) is 0.417. The Morgan fingerprint density at radius 1 is 1.33 bits per heavy atom. The molecule has 80 valence electrons. The van der Waals surface area contributed by atoms with Crippen LogP contribution in [0.1, 0.15) is 24.1 Å². The standard InChI is InChI=1S/C12H16N2O/c1-5-14-8(2)6-11(10(14)4)12-13-7-9(3)15-12/h6-7H,5H2,1-4H3. The molecule has 3 nitrogen and oxygen atoms in total. The molecule has 15 heavy (non-hydrogen) atoms. The lowest BCUT2D eigenvalue weighted by Crippen LogP contribution is -1.98. The van der Waals surface area contributed by atoms with Gasteiger partial charge in [0, 0.05) is 17.9 Å². The Labute approximate surface area is 89.7 Å². The number of hydrogen-bond donors (Lipinski definition) is 0. The van der Waals surface area contributed by atoms with Gasteiger partial charge in [0.15, 0.2) is 0 Å². The van der Waals surface area contributed by atoms with Crippen LogP contribution in [-0.2, 0) is 6.54 Å². The number of rotatable bonds is 2. The lowest BCUT2D eigenvalue weighted by molar-refractivity contribution is 0.541. The first kappa shape index (κ1) is 10.0. The molecule has 0 aromatic carbocycles. The molecule has 0 bridgehead atoms. The largest absolute Gasteiger partial charge is 0.441 e. The fourth-order valence-corrected chi connectivity index (χ4v) is 1.98. The summed E-state index contributed by atoms with van der Waals surface area (Å²) in [5, 5.41) is 0. The van der Waals surface area contributed by atoms with Crippen molar-refractivity contribution in [1.29, 1.82) is 0 Å². The summed E-state index contributed by atoms with van der Waals surface area (Å²) in [5.41, 5.74) is 3.57. The van der Waals surface area contributed by atoms with Crippen LogP contribution in [-0.4, -0.2) is 9.55 Å². The van der Waals surface area contributed by atoms with E-state index in [4.69, 9.17) is 4.42 Å². The van der Waals surface area contributed by atoms with Crippen LogP contribution in [0.3, 0.4) is 0 Å². The van der Waals surface area contributed by atoms with Crippen molar-refractivity contribution < 1.29 is 4.42 Å². The lowest BCUT2D eigenvalue weighted by atomic mass is 10.2. The zero-order chi connectivity index (χ0) is 11.0. The Morgan fingerprint density at radius 2 is 2.07 bits per heavy atom. The van der Waals surface area contributed by atoms with Crippen LogP contribution >= 0.6 is 0 Å². The number of oxazole rings is 1. The second-order valence-corrected chi connectivity index (χ2v) is 3.81. The molecular formula is C12H16N2O. The first-order chi connectivity index (χ1) is 7.13. The lowest BCUT2D eigenvalue weighted by Gasteiger charge is -2.04. The summed E-state index contributed by atoms with van der Waals surface area (Å²) in [6.07, 6.45) is 1.76. The Balaban J connectivity index is 2.54. The number of nitrogens with zero attached hydrogens (tertiary/aromatic N) is 2. The first-order valence-corrected chi connectivity index (χ1v) is 5.23. The number of hydrogen-bond acceptors (Lipinski definition) is 2. The number of aromatic nitrogens is 2. The van der Waals surface area contributed by atoms with E-state index in [1.807, 2.05) is 6.92 Å². The Bertz CT molecular complexity index is 480. The van der Waals surface area contributed by atoms with E-state index in [2.05, 4.69) is 36.4 Å². The van der Waals surface area contributed by atoms with Gasteiger partial charge in [0.1, 0.15) is 5.76 Å². The zero-order valence-corrected chi connectivity index (χ0v) is 9.66. The Morgan fingerprint density at radius 3 is 2.53 bits per heavy atom. The molecule has 0 unspecified atom stereocenters. The van der Waals surface area contributed by atoms with E-state index >= 15 is 0 Å². The molecule has 0 spiro atoms. The predicted octanol–water partition coefficient (Wildman–Crippen LogP) is 3.09. The van der Waals surface area contributed by atoms with Gasteiger partial charge in [0.25, 0.3) is 0 Å². The quantitative estimate of drug-likeness (QED) is 0.752. The molecule has 0 saturated heterocycles. The van der Waals surface area contributed by atoms with E-state index in [1.54, 1.807) is 6.20 Å². The summed E-state index contributed by atoms with van der Waals surface area (Å²) >= 11 is 0. The van der Waals surface area contributed by atoms with E-state index < -0.39 is 0 Å². The molecular weight excluding hydrogens is 188 g/mol. The molecule has 3 heteroatoms. The van der Waals surface area contributed by atoms with Gasteiger partial charge in [-0.05, 0) is 33.8 Å². The molecule has 0 atom stereocenters. The molecule has 0 radical (unpaired) electrons. The van der Waals surface area contributed by atoms with Crippen molar-refractivity contribution in [1.82, 2.24) is 9.55 Å². The van der Waals surface area contributed by atoms with Crippen LogP contribution in [0.15, 0.2) is 16.7 Å². The van der Waals surface area contributed by atoms with Gasteiger partial charge in [-0.2, -0.15) is 0 Å². The van der Waals surface area contributed by atoms with Gasteiger partial charge in [0.2, 0.25) is 5.89 Å². The Hall–Kier alpha value is -1.51. The minimum absolute atomic E-state index is 0.722. The van der Waals surface area contributed by atoms with Gasteiger partial charge in [-0.3, -0.25) is 0 Å². The van der Waals surface area contributed by atoms with Crippen LogP contribution in [0, 0.1) is 20.8 Å². The predicted molar refractivity (Wildman–Crippen MR) is 59.8 cm³/mol. The fourth-order valence-electron chi connectivity index (χ4n) is 1.98. The maximum Gasteiger partial charge on any atom is 0.228 e. The molecule has 2 aromatic rings. The van der Waals surface area contributed by atoms with Crippen LogP contribution in [0.5, 0.6) is 0 Å². The third-order valence-corrected chi connectivity index (χ3v) is 2.74. The van der Waals surface area contributed by atoms with Crippen molar-refractivity contribution in [3.05, 3.63) is 29.4 Å². The molecule has 2 aromatic heterocycles. The molecule has 0 amide bonds. The molecule has 0 aliphatic carbocycles. The number of aryl methyl sites for hydroxylation is 2. The minimum Gasteiger partial charge on any atom is -0.441 e. The van der Waals surface area contributed by atoms with Crippen molar-refractivity contribution >= 4 is 0 Å². The average Bonchev–Trinajstić information content (AvgIpc) is 2.71. The highest BCUT2D eigenvalue weighted by atomic mass is 16.4. The highest BCUT2D eigenvalue weighted by molar-refractivity contribution is 5.58. The molecule has 0 aliphatic rings. The summed E-state index contributed by atoms with van der Waals surface area (Å²) in [5.74, 6) is 1.58. The second kappa shape index (κ2) is 3.57. The SMILES string of the molecule is CCn1c(C)cc(-c2ncc(C)o2)c1C. The van der Waals surface area contributed by atoms with E-state index in [0.717, 1.165) is 23.8 Å². The third-order valence-electron chi connectivity index (χ3n) is 2.74. The van der Waals surface area contributed by atoms with Crippen LogP contribution in [0.2, 0.25) is 0 Å². The van der Waals surface area contributed by atoms with Crippen LogP contribution < -0.4 is 0 Å². The monoisotopic (exact) mass is 204 g/mol. The van der Waals surface area contributed by atoms with Gasteiger partial charge in [-0.25, -0.2) is 4.98 Å². The van der Waals surface area contributed by atoms with E-state index in [1.165, 1.54) is 11.4 Å².